The molecule has 1 heterocycles. The summed E-state index contributed by atoms with van der Waals surface area (Å²) in [5.74, 6) is -0.640. The van der Waals surface area contributed by atoms with E-state index in [2.05, 4.69) is 4.74 Å². The van der Waals surface area contributed by atoms with Crippen molar-refractivity contribution in [3.05, 3.63) is 21.0 Å². The van der Waals surface area contributed by atoms with Gasteiger partial charge in [0.1, 0.15) is 24.6 Å². The molecule has 4 nitrogen and oxygen atoms in total. The Bertz CT molecular complexity index is 447. The van der Waals surface area contributed by atoms with Crippen molar-refractivity contribution in [2.75, 3.05) is 20.3 Å². The first-order chi connectivity index (χ1) is 7.65. The van der Waals surface area contributed by atoms with Crippen LogP contribution in [0.1, 0.15) is 10.4 Å². The molecule has 1 aromatic rings. The molecule has 86 valence electrons. The summed E-state index contributed by atoms with van der Waals surface area (Å²) in [4.78, 5) is 11.4. The summed E-state index contributed by atoms with van der Waals surface area (Å²) >= 11 is 1.81. The van der Waals surface area contributed by atoms with E-state index in [1.807, 2.05) is 22.6 Å². The maximum atomic E-state index is 13.5. The van der Waals surface area contributed by atoms with Gasteiger partial charge in [0.2, 0.25) is 0 Å². The minimum atomic E-state index is -0.642. The van der Waals surface area contributed by atoms with Crippen molar-refractivity contribution in [2.45, 2.75) is 0 Å². The molecule has 0 N–H and O–H groups in total. The Morgan fingerprint density at radius 1 is 1.44 bits per heavy atom. The normalized spacial score (nSPS) is 13.4. The van der Waals surface area contributed by atoms with Gasteiger partial charge in [-0.2, -0.15) is 0 Å². The van der Waals surface area contributed by atoms with Gasteiger partial charge < -0.3 is 14.2 Å². The molecule has 16 heavy (non-hydrogen) atoms. The van der Waals surface area contributed by atoms with Gasteiger partial charge in [-0.3, -0.25) is 0 Å². The highest BCUT2D eigenvalue weighted by atomic mass is 127. The van der Waals surface area contributed by atoms with E-state index in [0.29, 0.717) is 16.8 Å². The number of fused-ring (bicyclic) bond motifs is 1. The lowest BCUT2D eigenvalue weighted by Crippen LogP contribution is -2.19. The van der Waals surface area contributed by atoms with Gasteiger partial charge in [0.15, 0.2) is 11.5 Å². The largest absolute Gasteiger partial charge is 0.485 e. The monoisotopic (exact) mass is 338 g/mol. The molecule has 0 amide bonds. The number of carbonyl (C=O) groups excluding carboxylic acids is 1. The zero-order valence-electron chi connectivity index (χ0n) is 8.38. The van der Waals surface area contributed by atoms with Crippen LogP contribution in [-0.4, -0.2) is 26.3 Å². The number of esters is 1. The molecule has 0 radical (unpaired) electrons. The van der Waals surface area contributed by atoms with Crippen LogP contribution in [0.5, 0.6) is 11.5 Å². The minimum absolute atomic E-state index is 0.0510. The maximum absolute atomic E-state index is 13.5. The Labute approximate surface area is 105 Å². The summed E-state index contributed by atoms with van der Waals surface area (Å²) in [6.45, 7) is 0.672. The van der Waals surface area contributed by atoms with E-state index in [1.54, 1.807) is 0 Å². The number of rotatable bonds is 1. The minimum Gasteiger partial charge on any atom is -0.485 e. The number of hydrogen-bond acceptors (Lipinski definition) is 4. The first kappa shape index (κ1) is 11.4. The summed E-state index contributed by atoms with van der Waals surface area (Å²) in [7, 11) is 1.23. The Balaban J connectivity index is 2.61. The summed E-state index contributed by atoms with van der Waals surface area (Å²) in [5.41, 5.74) is 0.0510. The molecule has 0 atom stereocenters. The quantitative estimate of drug-likeness (QED) is 0.580. The van der Waals surface area contributed by atoms with Crippen LogP contribution in [0.25, 0.3) is 0 Å². The first-order valence-corrected chi connectivity index (χ1v) is 5.59. The molecule has 0 aromatic heterocycles. The van der Waals surface area contributed by atoms with E-state index in [-0.39, 0.29) is 17.1 Å². The zero-order valence-corrected chi connectivity index (χ0v) is 10.5. The third-order valence-electron chi connectivity index (χ3n) is 2.11. The lowest BCUT2D eigenvalue weighted by molar-refractivity contribution is 0.0589. The lowest BCUT2D eigenvalue weighted by Gasteiger charge is -2.21. The van der Waals surface area contributed by atoms with Crippen LogP contribution in [0.2, 0.25) is 0 Å². The van der Waals surface area contributed by atoms with Gasteiger partial charge >= 0.3 is 5.97 Å². The third kappa shape index (κ3) is 1.81. The Morgan fingerprint density at radius 2 is 2.06 bits per heavy atom. The predicted molar refractivity (Wildman–Crippen MR) is 61.4 cm³/mol. The lowest BCUT2D eigenvalue weighted by atomic mass is 10.1. The molecule has 0 unspecified atom stereocenters. The number of carbonyl (C=O) groups is 1. The average Bonchev–Trinajstić information content (AvgIpc) is 2.33. The van der Waals surface area contributed by atoms with Gasteiger partial charge in [-0.15, -0.1) is 0 Å². The molecule has 0 spiro atoms. The fourth-order valence-electron chi connectivity index (χ4n) is 1.41. The number of methoxy groups -OCH3 is 1. The standard InChI is InChI=1S/C10H8FIO4/c1-14-10(13)5-4-6(11)7(12)9-8(5)15-2-3-16-9/h4H,2-3H2,1H3. The molecule has 0 aliphatic carbocycles. The third-order valence-corrected chi connectivity index (χ3v) is 3.12. The SMILES string of the molecule is COC(=O)c1cc(F)c(I)c2c1OCCO2. The molecule has 0 bridgehead atoms. The van der Waals surface area contributed by atoms with Crippen molar-refractivity contribution < 1.29 is 23.4 Å². The van der Waals surface area contributed by atoms with Crippen LogP contribution in [0.4, 0.5) is 4.39 Å². The second kappa shape index (κ2) is 4.44. The van der Waals surface area contributed by atoms with Crippen LogP contribution >= 0.6 is 22.6 Å². The highest BCUT2D eigenvalue weighted by Crippen LogP contribution is 2.39. The van der Waals surface area contributed by atoms with E-state index >= 15 is 0 Å². The van der Waals surface area contributed by atoms with E-state index in [9.17, 15) is 9.18 Å². The molecule has 6 heteroatoms. The summed E-state index contributed by atoms with van der Waals surface area (Å²) in [6.07, 6.45) is 0. The summed E-state index contributed by atoms with van der Waals surface area (Å²) in [6, 6.07) is 1.10. The maximum Gasteiger partial charge on any atom is 0.341 e. The smallest absolute Gasteiger partial charge is 0.341 e. The second-order valence-electron chi connectivity index (χ2n) is 3.07. The Morgan fingerprint density at radius 3 is 2.69 bits per heavy atom. The number of halogens is 2. The van der Waals surface area contributed by atoms with Gasteiger partial charge in [-0.05, 0) is 28.7 Å². The van der Waals surface area contributed by atoms with Crippen molar-refractivity contribution in [2.24, 2.45) is 0 Å². The van der Waals surface area contributed by atoms with E-state index < -0.39 is 11.8 Å². The van der Waals surface area contributed by atoms with Crippen molar-refractivity contribution in [3.8, 4) is 11.5 Å². The van der Waals surface area contributed by atoms with Crippen molar-refractivity contribution in [1.29, 1.82) is 0 Å². The topological polar surface area (TPSA) is 44.8 Å². The highest BCUT2D eigenvalue weighted by molar-refractivity contribution is 14.1. The molecule has 1 aromatic carbocycles. The average molecular weight is 338 g/mol. The molecule has 1 aliphatic rings. The molecular weight excluding hydrogens is 330 g/mol. The fraction of sp³-hybridized carbons (Fsp3) is 0.300. The van der Waals surface area contributed by atoms with Crippen molar-refractivity contribution in [3.63, 3.8) is 0 Å². The molecule has 0 saturated carbocycles. The van der Waals surface area contributed by atoms with E-state index in [1.165, 1.54) is 7.11 Å². The van der Waals surface area contributed by atoms with Gasteiger partial charge in [-0.25, -0.2) is 9.18 Å². The van der Waals surface area contributed by atoms with Gasteiger partial charge in [0.05, 0.1) is 10.7 Å². The number of hydrogen-bond donors (Lipinski definition) is 0. The molecular formula is C10H8FIO4. The molecule has 0 fully saturated rings. The zero-order chi connectivity index (χ0) is 11.7. The molecule has 1 aliphatic heterocycles. The van der Waals surface area contributed by atoms with E-state index in [0.717, 1.165) is 6.07 Å². The van der Waals surface area contributed by atoms with E-state index in [4.69, 9.17) is 9.47 Å². The van der Waals surface area contributed by atoms with Crippen LogP contribution in [0.15, 0.2) is 6.07 Å². The predicted octanol–water partition coefficient (Wildman–Crippen LogP) is 1.99. The van der Waals surface area contributed by atoms with Crippen molar-refractivity contribution >= 4 is 28.6 Å². The second-order valence-corrected chi connectivity index (χ2v) is 4.15. The van der Waals surface area contributed by atoms with Gasteiger partial charge in [-0.1, -0.05) is 0 Å². The van der Waals surface area contributed by atoms with Crippen LogP contribution in [0, 0.1) is 9.39 Å². The summed E-state index contributed by atoms with van der Waals surface area (Å²) < 4.78 is 29.0. The summed E-state index contributed by atoms with van der Waals surface area (Å²) in [5, 5.41) is 0. The fourth-order valence-corrected chi connectivity index (χ4v) is 1.96. The molecule has 0 saturated heterocycles. The number of benzene rings is 1. The molecule has 2 rings (SSSR count). The Kier molecular flexibility index (Phi) is 3.17. The van der Waals surface area contributed by atoms with Crippen LogP contribution in [-0.2, 0) is 4.74 Å². The van der Waals surface area contributed by atoms with Gasteiger partial charge in [0.25, 0.3) is 0 Å². The van der Waals surface area contributed by atoms with Crippen LogP contribution < -0.4 is 9.47 Å². The Hall–Kier alpha value is -1.05. The van der Waals surface area contributed by atoms with Gasteiger partial charge in [0, 0.05) is 0 Å². The first-order valence-electron chi connectivity index (χ1n) is 4.51. The number of ether oxygens (including phenoxy) is 3. The van der Waals surface area contributed by atoms with Crippen LogP contribution in [0.3, 0.4) is 0 Å². The highest BCUT2D eigenvalue weighted by Gasteiger charge is 2.26. The van der Waals surface area contributed by atoms with Crippen molar-refractivity contribution in [1.82, 2.24) is 0 Å².